The van der Waals surface area contributed by atoms with Crippen molar-refractivity contribution < 1.29 is 14.3 Å². The number of esters is 1. The highest BCUT2D eigenvalue weighted by Crippen LogP contribution is 2.27. The summed E-state index contributed by atoms with van der Waals surface area (Å²) in [5.41, 5.74) is 1.49. The van der Waals surface area contributed by atoms with Crippen LogP contribution in [0.1, 0.15) is 65.8 Å². The van der Waals surface area contributed by atoms with Gasteiger partial charge >= 0.3 is 5.97 Å². The van der Waals surface area contributed by atoms with Gasteiger partial charge in [0, 0.05) is 11.9 Å². The van der Waals surface area contributed by atoms with Gasteiger partial charge in [0.25, 0.3) is 5.91 Å². The Labute approximate surface area is 147 Å². The first kappa shape index (κ1) is 17.2. The summed E-state index contributed by atoms with van der Waals surface area (Å²) < 4.78 is 6.88. The van der Waals surface area contributed by atoms with Crippen molar-refractivity contribution in [3.8, 4) is 0 Å². The second kappa shape index (κ2) is 7.96. The molecule has 6 nitrogen and oxygen atoms in total. The molecule has 25 heavy (non-hydrogen) atoms. The van der Waals surface area contributed by atoms with Crippen molar-refractivity contribution in [1.29, 1.82) is 0 Å². The summed E-state index contributed by atoms with van der Waals surface area (Å²) in [5.74, 6) is -0.633. The third-order valence-electron chi connectivity index (χ3n) is 4.44. The first-order chi connectivity index (χ1) is 12.2. The normalized spacial score (nSPS) is 14.9. The maximum absolute atomic E-state index is 12.4. The number of anilines is 1. The molecule has 0 bridgehead atoms. The Bertz CT molecular complexity index is 748. The largest absolute Gasteiger partial charge is 0.462 e. The van der Waals surface area contributed by atoms with E-state index in [1.54, 1.807) is 43.6 Å². The Kier molecular flexibility index (Phi) is 5.48. The van der Waals surface area contributed by atoms with E-state index >= 15 is 0 Å². The van der Waals surface area contributed by atoms with Crippen LogP contribution in [0, 0.1) is 0 Å². The molecular formula is C19H23N3O3. The van der Waals surface area contributed by atoms with Gasteiger partial charge in [-0.3, -0.25) is 9.48 Å². The van der Waals surface area contributed by atoms with Crippen LogP contribution in [0.25, 0.3) is 0 Å². The standard InChI is InChI=1S/C19H23N3O3/c1-2-25-19(24)14-7-6-8-16(11-14)21-18(23)15-12-20-22(13-15)17-9-4-3-5-10-17/h6-8,11-13,17H,2-5,9-10H2,1H3,(H,21,23). The lowest BCUT2D eigenvalue weighted by Crippen LogP contribution is -2.14. The Morgan fingerprint density at radius 3 is 2.80 bits per heavy atom. The molecule has 0 aliphatic heterocycles. The van der Waals surface area contributed by atoms with Crippen molar-refractivity contribution in [2.75, 3.05) is 11.9 Å². The van der Waals surface area contributed by atoms with Gasteiger partial charge in [0.1, 0.15) is 0 Å². The fourth-order valence-corrected chi connectivity index (χ4v) is 3.14. The van der Waals surface area contributed by atoms with E-state index in [0.717, 1.165) is 12.8 Å². The molecule has 1 amide bonds. The monoisotopic (exact) mass is 341 g/mol. The molecule has 3 rings (SSSR count). The van der Waals surface area contributed by atoms with Gasteiger partial charge in [-0.2, -0.15) is 5.10 Å². The zero-order valence-corrected chi connectivity index (χ0v) is 14.4. The number of rotatable bonds is 5. The molecule has 132 valence electrons. The number of nitrogens with one attached hydrogen (secondary N) is 1. The van der Waals surface area contributed by atoms with E-state index in [1.807, 2.05) is 4.68 Å². The Morgan fingerprint density at radius 2 is 2.04 bits per heavy atom. The van der Waals surface area contributed by atoms with Gasteiger partial charge < -0.3 is 10.1 Å². The van der Waals surface area contributed by atoms with E-state index in [2.05, 4.69) is 10.4 Å². The lowest BCUT2D eigenvalue weighted by atomic mass is 9.96. The minimum Gasteiger partial charge on any atom is -0.462 e. The number of nitrogens with zero attached hydrogens (tertiary/aromatic N) is 2. The number of benzene rings is 1. The smallest absolute Gasteiger partial charge is 0.338 e. The molecular weight excluding hydrogens is 318 g/mol. The number of carbonyl (C=O) groups excluding carboxylic acids is 2. The third-order valence-corrected chi connectivity index (χ3v) is 4.44. The summed E-state index contributed by atoms with van der Waals surface area (Å²) in [6.07, 6.45) is 9.34. The van der Waals surface area contributed by atoms with Crippen LogP contribution in [-0.4, -0.2) is 28.3 Å². The molecule has 0 unspecified atom stereocenters. The third kappa shape index (κ3) is 4.26. The number of hydrogen-bond acceptors (Lipinski definition) is 4. The van der Waals surface area contributed by atoms with Gasteiger partial charge in [0.15, 0.2) is 0 Å². The Balaban J connectivity index is 1.67. The molecule has 1 saturated carbocycles. The molecule has 0 atom stereocenters. The van der Waals surface area contributed by atoms with E-state index in [-0.39, 0.29) is 5.91 Å². The summed E-state index contributed by atoms with van der Waals surface area (Å²) in [5, 5.41) is 7.17. The molecule has 1 aromatic heterocycles. The van der Waals surface area contributed by atoms with Gasteiger partial charge in [-0.05, 0) is 38.0 Å². The summed E-state index contributed by atoms with van der Waals surface area (Å²) in [4.78, 5) is 24.2. The van der Waals surface area contributed by atoms with E-state index in [1.165, 1.54) is 19.3 Å². The number of carbonyl (C=O) groups is 2. The highest BCUT2D eigenvalue weighted by atomic mass is 16.5. The molecule has 6 heteroatoms. The van der Waals surface area contributed by atoms with Gasteiger partial charge in [0.2, 0.25) is 0 Å². The molecule has 0 radical (unpaired) electrons. The van der Waals surface area contributed by atoms with Gasteiger partial charge in [-0.1, -0.05) is 25.3 Å². The Hall–Kier alpha value is -2.63. The molecule has 1 aliphatic rings. The molecule has 0 saturated heterocycles. The van der Waals surface area contributed by atoms with Crippen molar-refractivity contribution >= 4 is 17.6 Å². The van der Waals surface area contributed by atoms with Crippen LogP contribution in [0.15, 0.2) is 36.7 Å². The van der Waals surface area contributed by atoms with Crippen LogP contribution in [-0.2, 0) is 4.74 Å². The van der Waals surface area contributed by atoms with Gasteiger partial charge in [0.05, 0.1) is 30.0 Å². The molecule has 1 fully saturated rings. The minimum absolute atomic E-state index is 0.233. The van der Waals surface area contributed by atoms with Crippen molar-refractivity contribution in [2.45, 2.75) is 45.1 Å². The fourth-order valence-electron chi connectivity index (χ4n) is 3.14. The van der Waals surface area contributed by atoms with Crippen molar-refractivity contribution in [1.82, 2.24) is 9.78 Å². The summed E-state index contributed by atoms with van der Waals surface area (Å²) in [7, 11) is 0. The molecule has 1 aliphatic carbocycles. The Morgan fingerprint density at radius 1 is 1.24 bits per heavy atom. The lowest BCUT2D eigenvalue weighted by Gasteiger charge is -2.21. The van der Waals surface area contributed by atoms with Crippen LogP contribution in [0.5, 0.6) is 0 Å². The molecule has 1 aromatic carbocycles. The fraction of sp³-hybridized carbons (Fsp3) is 0.421. The van der Waals surface area contributed by atoms with Crippen LogP contribution in [0.2, 0.25) is 0 Å². The topological polar surface area (TPSA) is 73.2 Å². The van der Waals surface area contributed by atoms with E-state index in [9.17, 15) is 9.59 Å². The van der Waals surface area contributed by atoms with Crippen LogP contribution in [0.4, 0.5) is 5.69 Å². The first-order valence-electron chi connectivity index (χ1n) is 8.80. The number of aromatic nitrogens is 2. The molecule has 0 spiro atoms. The van der Waals surface area contributed by atoms with Crippen molar-refractivity contribution in [3.63, 3.8) is 0 Å². The highest BCUT2D eigenvalue weighted by molar-refractivity contribution is 6.04. The predicted molar refractivity (Wildman–Crippen MR) is 94.7 cm³/mol. The quantitative estimate of drug-likeness (QED) is 0.839. The predicted octanol–water partition coefficient (Wildman–Crippen LogP) is 3.82. The van der Waals surface area contributed by atoms with Crippen LogP contribution < -0.4 is 5.32 Å². The highest BCUT2D eigenvalue weighted by Gasteiger charge is 2.18. The molecule has 2 aromatic rings. The van der Waals surface area contributed by atoms with Crippen molar-refractivity contribution in [3.05, 3.63) is 47.8 Å². The zero-order chi connectivity index (χ0) is 17.6. The summed E-state index contributed by atoms with van der Waals surface area (Å²) in [6, 6.07) is 7.12. The van der Waals surface area contributed by atoms with E-state index in [4.69, 9.17) is 4.74 Å². The minimum atomic E-state index is -0.399. The second-order valence-electron chi connectivity index (χ2n) is 6.26. The SMILES string of the molecule is CCOC(=O)c1cccc(NC(=O)c2cnn(C3CCCCC3)c2)c1. The van der Waals surface area contributed by atoms with Crippen LogP contribution >= 0.6 is 0 Å². The number of hydrogen-bond donors (Lipinski definition) is 1. The zero-order valence-electron chi connectivity index (χ0n) is 14.4. The maximum atomic E-state index is 12.4. The summed E-state index contributed by atoms with van der Waals surface area (Å²) in [6.45, 7) is 2.07. The van der Waals surface area contributed by atoms with E-state index < -0.39 is 5.97 Å². The van der Waals surface area contributed by atoms with E-state index in [0.29, 0.717) is 29.5 Å². The second-order valence-corrected chi connectivity index (χ2v) is 6.26. The molecule has 1 N–H and O–H groups in total. The lowest BCUT2D eigenvalue weighted by molar-refractivity contribution is 0.0526. The van der Waals surface area contributed by atoms with Crippen LogP contribution in [0.3, 0.4) is 0 Å². The number of ether oxygens (including phenoxy) is 1. The average Bonchev–Trinajstić information content (AvgIpc) is 3.13. The first-order valence-corrected chi connectivity index (χ1v) is 8.80. The summed E-state index contributed by atoms with van der Waals surface area (Å²) >= 11 is 0. The number of amides is 1. The maximum Gasteiger partial charge on any atom is 0.338 e. The molecule has 1 heterocycles. The van der Waals surface area contributed by atoms with Gasteiger partial charge in [-0.25, -0.2) is 4.79 Å². The van der Waals surface area contributed by atoms with Crippen molar-refractivity contribution in [2.24, 2.45) is 0 Å². The van der Waals surface area contributed by atoms with Gasteiger partial charge in [-0.15, -0.1) is 0 Å². The average molecular weight is 341 g/mol.